The lowest BCUT2D eigenvalue weighted by Gasteiger charge is -2.42. The van der Waals surface area contributed by atoms with Crippen molar-refractivity contribution in [2.24, 2.45) is 11.3 Å². The molecule has 1 aromatic carbocycles. The summed E-state index contributed by atoms with van der Waals surface area (Å²) < 4.78 is 7.09. The Balaban J connectivity index is 0.00000107. The second-order valence-electron chi connectivity index (χ2n) is 14.0. The van der Waals surface area contributed by atoms with Crippen LogP contribution in [0.5, 0.6) is 0 Å². The highest BCUT2D eigenvalue weighted by atomic mass is 15.1. The molecule has 5 aromatic rings. The van der Waals surface area contributed by atoms with Gasteiger partial charge in [0, 0.05) is 103 Å². The number of nitrogens with zero attached hydrogens (tertiary/aromatic N) is 5. The van der Waals surface area contributed by atoms with E-state index >= 15 is 0 Å². The second-order valence-corrected chi connectivity index (χ2v) is 14.0. The minimum Gasteiger partial charge on any atom is -0.377 e. The number of fused-ring (bicyclic) bond motifs is 6. The lowest BCUT2D eigenvalue weighted by atomic mass is 9.61. The van der Waals surface area contributed by atoms with E-state index in [1.807, 2.05) is 19.9 Å². The monoisotopic (exact) mass is 672 g/mol. The lowest BCUT2D eigenvalue weighted by molar-refractivity contribution is -0.706. The Labute approximate surface area is 302 Å². The number of hydrogen-bond donors (Lipinski definition) is 0. The van der Waals surface area contributed by atoms with Gasteiger partial charge in [-0.2, -0.15) is 4.57 Å². The summed E-state index contributed by atoms with van der Waals surface area (Å²) in [6.07, 6.45) is 20.3. The van der Waals surface area contributed by atoms with Crippen molar-refractivity contribution in [1.82, 2.24) is 14.0 Å². The maximum absolute atomic E-state index is 5.17. The van der Waals surface area contributed by atoms with E-state index < -0.39 is 0 Å². The first-order valence-corrected chi connectivity index (χ1v) is 18.8. The number of pyridine rings is 2. The largest absolute Gasteiger partial charge is 0.377 e. The Kier molecular flexibility index (Phi) is 12.7. The predicted octanol–water partition coefficient (Wildman–Crippen LogP) is 11.2. The Morgan fingerprint density at radius 1 is 1.10 bits per heavy atom. The minimum atomic E-state index is -0.149. The topological polar surface area (TPSA) is 29.4 Å². The van der Waals surface area contributed by atoms with Crippen LogP contribution in [-0.4, -0.2) is 28.0 Å². The van der Waals surface area contributed by atoms with Crippen LogP contribution in [0, 0.1) is 25.2 Å². The number of benzene rings is 1. The number of imidazole rings is 1. The normalized spacial score (nSPS) is 15.8. The molecule has 5 nitrogen and oxygen atoms in total. The molecule has 4 aromatic heterocycles. The van der Waals surface area contributed by atoms with Crippen molar-refractivity contribution in [3.05, 3.63) is 120 Å². The van der Waals surface area contributed by atoms with Crippen molar-refractivity contribution in [3.63, 3.8) is 0 Å². The SMILES string of the molecule is C=Cc1cc(N(C)C)cc[n+]1C[C@H](C)C(C)(C=CC)C1CC=C(c2ccccc2C)c2c1c1ncc(C)n1c1cn(CC)cc21.CC.CCC. The zero-order valence-electron chi connectivity index (χ0n) is 33.0. The quantitative estimate of drug-likeness (QED) is 0.115. The molecule has 0 fully saturated rings. The van der Waals surface area contributed by atoms with Crippen LogP contribution in [0.4, 0.5) is 5.69 Å². The third-order valence-corrected chi connectivity index (χ3v) is 10.4. The van der Waals surface area contributed by atoms with Crippen LogP contribution < -0.4 is 9.47 Å². The lowest BCUT2D eigenvalue weighted by Crippen LogP contribution is -2.45. The highest BCUT2D eigenvalue weighted by molar-refractivity contribution is 6.02. The highest BCUT2D eigenvalue weighted by Gasteiger charge is 2.44. The van der Waals surface area contributed by atoms with E-state index in [-0.39, 0.29) is 11.3 Å². The molecular weight excluding hydrogens is 611 g/mol. The molecule has 2 unspecified atom stereocenters. The minimum absolute atomic E-state index is 0.149. The number of aryl methyl sites for hydroxylation is 3. The van der Waals surface area contributed by atoms with Gasteiger partial charge in [0.05, 0.1) is 5.52 Å². The van der Waals surface area contributed by atoms with Gasteiger partial charge in [0.2, 0.25) is 5.69 Å². The molecule has 3 atom stereocenters. The van der Waals surface area contributed by atoms with Gasteiger partial charge in [-0.25, -0.2) is 4.98 Å². The van der Waals surface area contributed by atoms with E-state index in [4.69, 9.17) is 4.98 Å². The van der Waals surface area contributed by atoms with Gasteiger partial charge in [0.1, 0.15) is 5.65 Å². The zero-order chi connectivity index (χ0) is 36.7. The van der Waals surface area contributed by atoms with E-state index in [1.54, 1.807) is 0 Å². The van der Waals surface area contributed by atoms with Crippen LogP contribution in [-0.2, 0) is 13.1 Å². The summed E-state index contributed by atoms with van der Waals surface area (Å²) in [5.41, 5.74) is 12.3. The molecule has 0 saturated carbocycles. The molecule has 50 heavy (non-hydrogen) atoms. The number of rotatable bonds is 9. The molecule has 0 spiro atoms. The third kappa shape index (κ3) is 7.10. The number of anilines is 1. The Morgan fingerprint density at radius 3 is 2.42 bits per heavy atom. The average Bonchev–Trinajstić information content (AvgIpc) is 3.73. The van der Waals surface area contributed by atoms with Crippen LogP contribution in [0.25, 0.3) is 28.2 Å². The summed E-state index contributed by atoms with van der Waals surface area (Å²) in [7, 11) is 4.17. The fourth-order valence-electron chi connectivity index (χ4n) is 7.63. The molecule has 0 radical (unpaired) electrons. The van der Waals surface area contributed by atoms with E-state index in [1.165, 1.54) is 56.5 Å². The van der Waals surface area contributed by atoms with Gasteiger partial charge in [0.15, 0.2) is 12.7 Å². The van der Waals surface area contributed by atoms with Crippen molar-refractivity contribution >= 4 is 33.9 Å². The molecule has 1 aliphatic rings. The summed E-state index contributed by atoms with van der Waals surface area (Å²) in [5, 5.41) is 1.30. The van der Waals surface area contributed by atoms with Crippen LogP contribution in [0.3, 0.4) is 0 Å². The van der Waals surface area contributed by atoms with Gasteiger partial charge in [-0.05, 0) is 50.8 Å². The Hall–Kier alpha value is -4.38. The van der Waals surface area contributed by atoms with E-state index in [0.29, 0.717) is 5.92 Å². The number of aromatic nitrogens is 4. The zero-order valence-corrected chi connectivity index (χ0v) is 33.0. The van der Waals surface area contributed by atoms with Gasteiger partial charge < -0.3 is 9.47 Å². The fraction of sp³-hybridized carbons (Fsp3) is 0.422. The van der Waals surface area contributed by atoms with Gasteiger partial charge in [-0.3, -0.25) is 4.40 Å². The molecule has 0 N–H and O–H groups in total. The first kappa shape index (κ1) is 38.4. The van der Waals surface area contributed by atoms with Crippen LogP contribution >= 0.6 is 0 Å². The van der Waals surface area contributed by atoms with Gasteiger partial charge in [0.25, 0.3) is 0 Å². The van der Waals surface area contributed by atoms with Crippen molar-refractivity contribution in [2.75, 3.05) is 19.0 Å². The standard InChI is InChI=1S/C40H48N5.C3H8.C2H6/c1-10-20-40(7,28(5)24-44-21-19-31(42(8)9)22-30(44)11-2)35-18-17-33(32-16-14-13-15-27(32)4)37-34-25-43(12-3)26-36(34)45-29(6)23-41-39(45)38(35)37;1-3-2;1-2/h10-11,13-17,19-23,25-26,28,35H,2,12,18,24H2,1,3-9H3;3H2,1-2H3;1-2H3/q+1;;/t28-,35?,40?;;/m0../s1. The van der Waals surface area contributed by atoms with Crippen molar-refractivity contribution in [1.29, 1.82) is 0 Å². The summed E-state index contributed by atoms with van der Waals surface area (Å²) in [5.74, 6) is 0.555. The van der Waals surface area contributed by atoms with Crippen molar-refractivity contribution < 1.29 is 4.57 Å². The smallest absolute Gasteiger partial charge is 0.206 e. The van der Waals surface area contributed by atoms with Crippen molar-refractivity contribution in [3.8, 4) is 0 Å². The summed E-state index contributed by atoms with van der Waals surface area (Å²) in [4.78, 5) is 7.31. The molecule has 266 valence electrons. The fourth-order valence-corrected chi connectivity index (χ4v) is 7.63. The van der Waals surface area contributed by atoms with Gasteiger partial charge in [-0.1, -0.05) is 97.0 Å². The number of hydrogen-bond acceptors (Lipinski definition) is 2. The van der Waals surface area contributed by atoms with Crippen molar-refractivity contribution in [2.45, 2.75) is 101 Å². The predicted molar refractivity (Wildman–Crippen MR) is 217 cm³/mol. The summed E-state index contributed by atoms with van der Waals surface area (Å²) in [6.45, 7) is 27.9. The Morgan fingerprint density at radius 2 is 1.80 bits per heavy atom. The summed E-state index contributed by atoms with van der Waals surface area (Å²) >= 11 is 0. The van der Waals surface area contributed by atoms with Crippen LogP contribution in [0.2, 0.25) is 0 Å². The maximum Gasteiger partial charge on any atom is 0.206 e. The van der Waals surface area contributed by atoms with Crippen LogP contribution in [0.15, 0.2) is 86.0 Å². The molecule has 0 amide bonds. The van der Waals surface area contributed by atoms with E-state index in [2.05, 4.69) is 174 Å². The molecule has 6 rings (SSSR count). The van der Waals surface area contributed by atoms with Gasteiger partial charge in [-0.15, -0.1) is 0 Å². The molecule has 4 heterocycles. The molecule has 0 bridgehead atoms. The molecule has 0 saturated heterocycles. The third-order valence-electron chi connectivity index (χ3n) is 10.4. The molecule has 1 aliphatic carbocycles. The summed E-state index contributed by atoms with van der Waals surface area (Å²) in [6, 6.07) is 13.3. The molecule has 0 aliphatic heterocycles. The maximum atomic E-state index is 5.17. The number of allylic oxidation sites excluding steroid dienone is 3. The first-order chi connectivity index (χ1) is 24.0. The van der Waals surface area contributed by atoms with Crippen LogP contribution in [0.1, 0.15) is 108 Å². The second kappa shape index (κ2) is 16.6. The van der Waals surface area contributed by atoms with Gasteiger partial charge >= 0.3 is 0 Å². The van der Waals surface area contributed by atoms with E-state index in [0.717, 1.165) is 30.9 Å². The van der Waals surface area contributed by atoms with E-state index in [9.17, 15) is 0 Å². The molecule has 5 heteroatoms. The molecular formula is C45H62N5+. The Bertz CT molecular complexity index is 1980. The first-order valence-electron chi connectivity index (χ1n) is 18.8. The highest BCUT2D eigenvalue weighted by Crippen LogP contribution is 2.54. The average molecular weight is 673 g/mol.